The molecule has 0 aromatic heterocycles. The highest BCUT2D eigenvalue weighted by Crippen LogP contribution is 2.14. The van der Waals surface area contributed by atoms with E-state index in [9.17, 15) is 4.79 Å². The molecular weight excluding hydrogens is 160 g/mol. The van der Waals surface area contributed by atoms with Crippen molar-refractivity contribution in [2.45, 2.75) is 6.42 Å². The van der Waals surface area contributed by atoms with Gasteiger partial charge in [0.25, 0.3) is 0 Å². The number of hydrogen-bond donors (Lipinski definition) is 1. The minimum atomic E-state index is -0.944. The van der Waals surface area contributed by atoms with E-state index in [0.717, 1.165) is 0 Å². The SMILES string of the molecule is C=C(CC1COCOC1)C(=O)O. The van der Waals surface area contributed by atoms with Crippen molar-refractivity contribution >= 4 is 5.97 Å². The zero-order chi connectivity index (χ0) is 8.97. The molecule has 0 aromatic carbocycles. The Morgan fingerprint density at radius 3 is 2.58 bits per heavy atom. The minimum Gasteiger partial charge on any atom is -0.478 e. The van der Waals surface area contributed by atoms with E-state index < -0.39 is 5.97 Å². The molecule has 68 valence electrons. The van der Waals surface area contributed by atoms with Gasteiger partial charge in [-0.2, -0.15) is 0 Å². The lowest BCUT2D eigenvalue weighted by Gasteiger charge is -2.21. The Labute approximate surface area is 70.8 Å². The molecule has 0 aromatic rings. The van der Waals surface area contributed by atoms with Gasteiger partial charge in [0, 0.05) is 11.5 Å². The summed E-state index contributed by atoms with van der Waals surface area (Å²) >= 11 is 0. The number of carbonyl (C=O) groups is 1. The van der Waals surface area contributed by atoms with Gasteiger partial charge in [0.1, 0.15) is 6.79 Å². The summed E-state index contributed by atoms with van der Waals surface area (Å²) in [5.74, 6) is -0.803. The number of rotatable bonds is 3. The molecule has 0 unspecified atom stereocenters. The van der Waals surface area contributed by atoms with Crippen LogP contribution in [0.2, 0.25) is 0 Å². The van der Waals surface area contributed by atoms with E-state index in [2.05, 4.69) is 6.58 Å². The number of hydrogen-bond acceptors (Lipinski definition) is 3. The lowest BCUT2D eigenvalue weighted by Crippen LogP contribution is -2.25. The highest BCUT2D eigenvalue weighted by atomic mass is 16.7. The minimum absolute atomic E-state index is 0.141. The third-order valence-electron chi connectivity index (χ3n) is 1.71. The molecule has 0 aliphatic carbocycles. The standard InChI is InChI=1S/C8H12O4/c1-6(8(9)10)2-7-3-11-5-12-4-7/h7H,1-5H2,(H,9,10). The molecule has 0 atom stereocenters. The van der Waals surface area contributed by atoms with Crippen LogP contribution in [0, 0.1) is 5.92 Å². The van der Waals surface area contributed by atoms with Gasteiger partial charge >= 0.3 is 5.97 Å². The molecular formula is C8H12O4. The summed E-state index contributed by atoms with van der Waals surface area (Å²) in [6, 6.07) is 0. The molecule has 1 saturated heterocycles. The number of ether oxygens (including phenoxy) is 2. The second-order valence-electron chi connectivity index (χ2n) is 2.84. The van der Waals surface area contributed by atoms with Crippen LogP contribution >= 0.6 is 0 Å². The van der Waals surface area contributed by atoms with Crippen LogP contribution in [0.25, 0.3) is 0 Å². The first-order valence-corrected chi connectivity index (χ1v) is 3.76. The monoisotopic (exact) mass is 172 g/mol. The third-order valence-corrected chi connectivity index (χ3v) is 1.71. The maximum atomic E-state index is 10.4. The van der Waals surface area contributed by atoms with Crippen molar-refractivity contribution in [3.63, 3.8) is 0 Å². The van der Waals surface area contributed by atoms with Crippen LogP contribution in [0.15, 0.2) is 12.2 Å². The zero-order valence-corrected chi connectivity index (χ0v) is 6.78. The van der Waals surface area contributed by atoms with E-state index in [1.807, 2.05) is 0 Å². The number of carboxylic acids is 1. The molecule has 12 heavy (non-hydrogen) atoms. The Morgan fingerprint density at radius 1 is 1.50 bits per heavy atom. The fourth-order valence-corrected chi connectivity index (χ4v) is 1.09. The van der Waals surface area contributed by atoms with Gasteiger partial charge in [0.2, 0.25) is 0 Å². The molecule has 0 spiro atoms. The van der Waals surface area contributed by atoms with Crippen molar-refractivity contribution < 1.29 is 19.4 Å². The molecule has 4 nitrogen and oxygen atoms in total. The first-order valence-electron chi connectivity index (χ1n) is 3.76. The maximum absolute atomic E-state index is 10.4. The first-order chi connectivity index (χ1) is 5.70. The third kappa shape index (κ3) is 2.64. The molecule has 1 N–H and O–H groups in total. The molecule has 1 fully saturated rings. The molecule has 0 saturated carbocycles. The van der Waals surface area contributed by atoms with Gasteiger partial charge in [-0.3, -0.25) is 0 Å². The lowest BCUT2D eigenvalue weighted by atomic mass is 10.0. The second kappa shape index (κ2) is 4.23. The molecule has 0 bridgehead atoms. The fraction of sp³-hybridized carbons (Fsp3) is 0.625. The topological polar surface area (TPSA) is 55.8 Å². The summed E-state index contributed by atoms with van der Waals surface area (Å²) in [5, 5.41) is 8.53. The smallest absolute Gasteiger partial charge is 0.330 e. The van der Waals surface area contributed by atoms with Crippen LogP contribution in [0.4, 0.5) is 0 Å². The van der Waals surface area contributed by atoms with Crippen molar-refractivity contribution in [2.24, 2.45) is 5.92 Å². The van der Waals surface area contributed by atoms with Gasteiger partial charge in [-0.1, -0.05) is 6.58 Å². The van der Waals surface area contributed by atoms with Gasteiger partial charge in [0.15, 0.2) is 0 Å². The van der Waals surface area contributed by atoms with Crippen LogP contribution in [0.5, 0.6) is 0 Å². The Morgan fingerprint density at radius 2 is 2.08 bits per heavy atom. The summed E-state index contributed by atoms with van der Waals surface area (Å²) in [6.45, 7) is 4.88. The normalized spacial score (nSPS) is 19.0. The first kappa shape index (κ1) is 9.22. The van der Waals surface area contributed by atoms with Crippen molar-refractivity contribution in [2.75, 3.05) is 20.0 Å². The predicted octanol–water partition coefficient (Wildman–Crippen LogP) is 0.638. The number of carboxylic acid groups (broad SMARTS) is 1. The van der Waals surface area contributed by atoms with Crippen molar-refractivity contribution in [1.82, 2.24) is 0 Å². The average Bonchev–Trinajstić information content (AvgIpc) is 2.06. The summed E-state index contributed by atoms with van der Waals surface area (Å²) < 4.78 is 10.0. The lowest BCUT2D eigenvalue weighted by molar-refractivity contribution is -0.135. The van der Waals surface area contributed by atoms with Gasteiger partial charge in [-0.05, 0) is 6.42 Å². The van der Waals surface area contributed by atoms with E-state index in [1.165, 1.54) is 0 Å². The summed E-state index contributed by atoms with van der Waals surface area (Å²) in [5.41, 5.74) is 0.217. The largest absolute Gasteiger partial charge is 0.478 e. The van der Waals surface area contributed by atoms with Crippen LogP contribution in [-0.2, 0) is 14.3 Å². The van der Waals surface area contributed by atoms with Gasteiger partial charge in [0.05, 0.1) is 13.2 Å². The van der Waals surface area contributed by atoms with E-state index in [4.69, 9.17) is 14.6 Å². The maximum Gasteiger partial charge on any atom is 0.330 e. The van der Waals surface area contributed by atoms with Gasteiger partial charge in [-0.15, -0.1) is 0 Å². The van der Waals surface area contributed by atoms with Crippen LogP contribution in [-0.4, -0.2) is 31.1 Å². The van der Waals surface area contributed by atoms with Crippen molar-refractivity contribution in [1.29, 1.82) is 0 Å². The fourth-order valence-electron chi connectivity index (χ4n) is 1.09. The molecule has 0 amide bonds. The highest BCUT2D eigenvalue weighted by Gasteiger charge is 2.17. The zero-order valence-electron chi connectivity index (χ0n) is 6.78. The van der Waals surface area contributed by atoms with Crippen LogP contribution < -0.4 is 0 Å². The molecule has 0 radical (unpaired) electrons. The van der Waals surface area contributed by atoms with Crippen molar-refractivity contribution in [3.05, 3.63) is 12.2 Å². The van der Waals surface area contributed by atoms with E-state index in [-0.39, 0.29) is 11.5 Å². The molecule has 1 aliphatic rings. The van der Waals surface area contributed by atoms with Crippen LogP contribution in [0.1, 0.15) is 6.42 Å². The Hall–Kier alpha value is -0.870. The van der Waals surface area contributed by atoms with Gasteiger partial charge < -0.3 is 14.6 Å². The van der Waals surface area contributed by atoms with E-state index in [1.54, 1.807) is 0 Å². The summed E-state index contributed by atoms with van der Waals surface area (Å²) in [6.07, 6.45) is 0.440. The van der Waals surface area contributed by atoms with Gasteiger partial charge in [-0.25, -0.2) is 4.79 Å². The number of aliphatic carboxylic acids is 1. The Kier molecular flexibility index (Phi) is 3.25. The molecule has 1 aliphatic heterocycles. The summed E-state index contributed by atoms with van der Waals surface area (Å²) in [7, 11) is 0. The Bertz CT molecular complexity index is 181. The van der Waals surface area contributed by atoms with Crippen molar-refractivity contribution in [3.8, 4) is 0 Å². The quantitative estimate of drug-likeness (QED) is 0.634. The van der Waals surface area contributed by atoms with E-state index in [0.29, 0.717) is 26.4 Å². The molecule has 1 rings (SSSR count). The average molecular weight is 172 g/mol. The summed E-state index contributed by atoms with van der Waals surface area (Å²) in [4.78, 5) is 10.4. The molecule has 4 heteroatoms. The predicted molar refractivity (Wildman–Crippen MR) is 41.7 cm³/mol. The second-order valence-corrected chi connectivity index (χ2v) is 2.84. The molecule has 1 heterocycles. The highest BCUT2D eigenvalue weighted by molar-refractivity contribution is 5.85. The van der Waals surface area contributed by atoms with Crippen LogP contribution in [0.3, 0.4) is 0 Å². The Balaban J connectivity index is 2.29. The van der Waals surface area contributed by atoms with E-state index >= 15 is 0 Å².